The van der Waals surface area contributed by atoms with Gasteiger partial charge in [-0.3, -0.25) is 4.79 Å². The Kier molecular flexibility index (Phi) is 4.19. The summed E-state index contributed by atoms with van der Waals surface area (Å²) >= 11 is 0. The molecule has 0 radical (unpaired) electrons. The van der Waals surface area contributed by atoms with Gasteiger partial charge in [-0.1, -0.05) is 6.42 Å². The molecule has 2 aromatic rings. The van der Waals surface area contributed by atoms with Crippen LogP contribution in [0.1, 0.15) is 55.6 Å². The zero-order valence-corrected chi connectivity index (χ0v) is 13.7. The molecule has 126 valence electrons. The van der Waals surface area contributed by atoms with Crippen LogP contribution in [-0.2, 0) is 17.8 Å². The van der Waals surface area contributed by atoms with E-state index in [0.717, 1.165) is 50.4 Å². The predicted octanol–water partition coefficient (Wildman–Crippen LogP) is 2.97. The van der Waals surface area contributed by atoms with Gasteiger partial charge in [0.25, 0.3) is 0 Å². The van der Waals surface area contributed by atoms with Gasteiger partial charge < -0.3 is 13.9 Å². The molecule has 1 fully saturated rings. The van der Waals surface area contributed by atoms with Gasteiger partial charge in [0.1, 0.15) is 11.6 Å². The van der Waals surface area contributed by atoms with Crippen LogP contribution in [0.4, 0.5) is 0 Å². The van der Waals surface area contributed by atoms with Gasteiger partial charge in [-0.25, -0.2) is 0 Å². The normalized spacial score (nSPS) is 21.2. The molecule has 1 atom stereocenters. The third-order valence-electron chi connectivity index (χ3n) is 4.91. The number of rotatable bonds is 3. The molecule has 0 N–H and O–H groups in total. The van der Waals surface area contributed by atoms with E-state index in [1.54, 1.807) is 18.4 Å². The van der Waals surface area contributed by atoms with E-state index in [1.165, 1.54) is 12.8 Å². The second-order valence-corrected chi connectivity index (χ2v) is 6.48. The summed E-state index contributed by atoms with van der Waals surface area (Å²) in [6.45, 7) is 1.74. The fourth-order valence-electron chi connectivity index (χ4n) is 3.69. The number of furan rings is 1. The maximum atomic E-state index is 12.6. The second-order valence-electron chi connectivity index (χ2n) is 6.48. The Morgan fingerprint density at radius 1 is 1.21 bits per heavy atom. The average molecular weight is 326 g/mol. The van der Waals surface area contributed by atoms with Crippen LogP contribution >= 0.6 is 0 Å². The molecule has 2 aliphatic rings. The Bertz CT molecular complexity index is 732. The molecule has 0 aromatic carbocycles. The summed E-state index contributed by atoms with van der Waals surface area (Å²) < 4.78 is 7.50. The molecular weight excluding hydrogens is 304 g/mol. The summed E-state index contributed by atoms with van der Waals surface area (Å²) in [5.74, 6) is 2.74. The predicted molar refractivity (Wildman–Crippen MR) is 89.0 cm³/mol. The van der Waals surface area contributed by atoms with Crippen molar-refractivity contribution in [2.24, 2.45) is 0 Å². The molecule has 0 spiro atoms. The highest BCUT2D eigenvalue weighted by atomic mass is 16.3. The molecule has 1 unspecified atom stereocenters. The Morgan fingerprint density at radius 2 is 2.17 bits per heavy atom. The maximum absolute atomic E-state index is 12.6. The van der Waals surface area contributed by atoms with E-state index in [-0.39, 0.29) is 11.9 Å². The molecule has 0 bridgehead atoms. The lowest BCUT2D eigenvalue weighted by Crippen LogP contribution is -2.30. The third kappa shape index (κ3) is 2.88. The summed E-state index contributed by atoms with van der Waals surface area (Å²) in [5, 5.41) is 8.82. The topological polar surface area (TPSA) is 64.2 Å². The van der Waals surface area contributed by atoms with Gasteiger partial charge in [0.15, 0.2) is 5.82 Å². The van der Waals surface area contributed by atoms with Crippen molar-refractivity contribution >= 4 is 12.0 Å². The molecule has 6 nitrogen and oxygen atoms in total. The van der Waals surface area contributed by atoms with Gasteiger partial charge in [0.05, 0.1) is 12.3 Å². The van der Waals surface area contributed by atoms with Gasteiger partial charge in [-0.05, 0) is 43.9 Å². The second kappa shape index (κ2) is 6.63. The fourth-order valence-corrected chi connectivity index (χ4v) is 3.69. The first-order valence-corrected chi connectivity index (χ1v) is 8.77. The number of likely N-dealkylation sites (tertiary alicyclic amines) is 1. The van der Waals surface area contributed by atoms with E-state index in [0.29, 0.717) is 5.76 Å². The van der Waals surface area contributed by atoms with Crippen LogP contribution in [0.3, 0.4) is 0 Å². The zero-order chi connectivity index (χ0) is 16.4. The number of fused-ring (bicyclic) bond motifs is 1. The van der Waals surface area contributed by atoms with E-state index >= 15 is 0 Å². The summed E-state index contributed by atoms with van der Waals surface area (Å²) in [7, 11) is 0. The van der Waals surface area contributed by atoms with Crippen LogP contribution in [0.25, 0.3) is 6.08 Å². The summed E-state index contributed by atoms with van der Waals surface area (Å²) in [5.41, 5.74) is 0. The molecule has 1 saturated heterocycles. The van der Waals surface area contributed by atoms with Crippen LogP contribution in [0, 0.1) is 0 Å². The molecule has 2 aromatic heterocycles. The van der Waals surface area contributed by atoms with Gasteiger partial charge in [-0.2, -0.15) is 0 Å². The van der Waals surface area contributed by atoms with Crippen molar-refractivity contribution in [1.82, 2.24) is 19.7 Å². The first-order chi connectivity index (χ1) is 11.8. The smallest absolute Gasteiger partial charge is 0.247 e. The standard InChI is InChI=1S/C18H22N4O2/c23-17(10-9-14-6-5-13-24-14)21-12-4-7-15(21)18-20-19-16-8-2-1-3-11-22(16)18/h5-6,9-10,13,15H,1-4,7-8,11-12H2/b10-9+. The minimum atomic E-state index is 0.0138. The van der Waals surface area contributed by atoms with Crippen LogP contribution < -0.4 is 0 Å². The van der Waals surface area contributed by atoms with Gasteiger partial charge in [0.2, 0.25) is 5.91 Å². The Labute approximate surface area is 141 Å². The van der Waals surface area contributed by atoms with Crippen molar-refractivity contribution in [2.75, 3.05) is 6.54 Å². The Hall–Kier alpha value is -2.37. The van der Waals surface area contributed by atoms with Crippen LogP contribution in [0.5, 0.6) is 0 Å². The quantitative estimate of drug-likeness (QED) is 0.814. The first-order valence-electron chi connectivity index (χ1n) is 8.77. The molecule has 4 heterocycles. The van der Waals surface area contributed by atoms with E-state index in [2.05, 4.69) is 14.8 Å². The molecule has 6 heteroatoms. The van der Waals surface area contributed by atoms with E-state index in [9.17, 15) is 4.79 Å². The number of aromatic nitrogens is 3. The van der Waals surface area contributed by atoms with Crippen molar-refractivity contribution in [3.05, 3.63) is 41.9 Å². The molecule has 24 heavy (non-hydrogen) atoms. The Balaban J connectivity index is 1.55. The van der Waals surface area contributed by atoms with Gasteiger partial charge in [0, 0.05) is 25.6 Å². The minimum absolute atomic E-state index is 0.0138. The van der Waals surface area contributed by atoms with Crippen molar-refractivity contribution < 1.29 is 9.21 Å². The first kappa shape index (κ1) is 15.2. The lowest BCUT2D eigenvalue weighted by Gasteiger charge is -2.23. The highest BCUT2D eigenvalue weighted by Crippen LogP contribution is 2.32. The molecule has 2 aliphatic heterocycles. The van der Waals surface area contributed by atoms with E-state index in [1.807, 2.05) is 17.0 Å². The fraction of sp³-hybridized carbons (Fsp3) is 0.500. The SMILES string of the molecule is O=C(/C=C/c1ccco1)N1CCCC1c1nnc2n1CCCCC2. The van der Waals surface area contributed by atoms with Crippen molar-refractivity contribution in [3.8, 4) is 0 Å². The van der Waals surface area contributed by atoms with Crippen molar-refractivity contribution in [2.45, 2.75) is 51.1 Å². The van der Waals surface area contributed by atoms with Crippen molar-refractivity contribution in [1.29, 1.82) is 0 Å². The largest absolute Gasteiger partial charge is 0.465 e. The molecular formula is C18H22N4O2. The summed E-state index contributed by atoms with van der Waals surface area (Å²) in [4.78, 5) is 14.5. The van der Waals surface area contributed by atoms with E-state index < -0.39 is 0 Å². The van der Waals surface area contributed by atoms with Crippen LogP contribution in [-0.4, -0.2) is 32.1 Å². The molecule has 1 amide bonds. The highest BCUT2D eigenvalue weighted by molar-refractivity contribution is 5.91. The van der Waals surface area contributed by atoms with E-state index in [4.69, 9.17) is 4.42 Å². The molecule has 4 rings (SSSR count). The number of amides is 1. The monoisotopic (exact) mass is 326 g/mol. The number of carbonyl (C=O) groups excluding carboxylic acids is 1. The summed E-state index contributed by atoms with van der Waals surface area (Å²) in [6.07, 6.45) is 11.5. The summed E-state index contributed by atoms with van der Waals surface area (Å²) in [6, 6.07) is 3.69. The lowest BCUT2D eigenvalue weighted by atomic mass is 10.2. The average Bonchev–Trinajstić information content (AvgIpc) is 3.31. The van der Waals surface area contributed by atoms with Gasteiger partial charge >= 0.3 is 0 Å². The number of hydrogen-bond acceptors (Lipinski definition) is 4. The number of carbonyl (C=O) groups is 1. The van der Waals surface area contributed by atoms with Crippen LogP contribution in [0.15, 0.2) is 28.9 Å². The maximum Gasteiger partial charge on any atom is 0.247 e. The molecule has 0 saturated carbocycles. The van der Waals surface area contributed by atoms with Crippen molar-refractivity contribution in [3.63, 3.8) is 0 Å². The number of hydrogen-bond donors (Lipinski definition) is 0. The molecule has 0 aliphatic carbocycles. The zero-order valence-electron chi connectivity index (χ0n) is 13.7. The lowest BCUT2D eigenvalue weighted by molar-refractivity contribution is -0.127. The number of aryl methyl sites for hydroxylation is 1. The Morgan fingerprint density at radius 3 is 3.04 bits per heavy atom. The minimum Gasteiger partial charge on any atom is -0.465 e. The number of nitrogens with zero attached hydrogens (tertiary/aromatic N) is 4. The van der Waals surface area contributed by atoms with Crippen LogP contribution in [0.2, 0.25) is 0 Å². The highest BCUT2D eigenvalue weighted by Gasteiger charge is 2.33. The van der Waals surface area contributed by atoms with Gasteiger partial charge in [-0.15, -0.1) is 10.2 Å². The third-order valence-corrected chi connectivity index (χ3v) is 4.91.